The number of thiophene rings is 1. The Kier molecular flexibility index (Phi) is 6.71. The van der Waals surface area contributed by atoms with Crippen molar-refractivity contribution in [3.63, 3.8) is 0 Å². The molecule has 0 spiro atoms. The lowest BCUT2D eigenvalue weighted by molar-refractivity contribution is 0.146. The lowest BCUT2D eigenvalue weighted by Crippen LogP contribution is -2.10. The number of ether oxygens (including phenoxy) is 2. The molecule has 21 heavy (non-hydrogen) atoms. The second-order valence-corrected chi connectivity index (χ2v) is 8.39. The predicted octanol–water partition coefficient (Wildman–Crippen LogP) is 5.11. The molecule has 0 amide bonds. The van der Waals surface area contributed by atoms with Crippen LogP contribution in [0.3, 0.4) is 0 Å². The van der Waals surface area contributed by atoms with E-state index in [4.69, 9.17) is 15.2 Å². The Bertz CT molecular complexity index is 599. The molecule has 7 heteroatoms. The van der Waals surface area contributed by atoms with E-state index in [0.717, 1.165) is 28.9 Å². The first-order chi connectivity index (χ1) is 10.0. The van der Waals surface area contributed by atoms with E-state index >= 15 is 0 Å². The maximum atomic E-state index is 6.33. The number of rotatable bonds is 6. The molecule has 2 N–H and O–H groups in total. The van der Waals surface area contributed by atoms with Crippen molar-refractivity contribution >= 4 is 59.1 Å². The van der Waals surface area contributed by atoms with Gasteiger partial charge in [-0.3, -0.25) is 0 Å². The van der Waals surface area contributed by atoms with E-state index in [1.165, 1.54) is 0 Å². The molecule has 1 aromatic heterocycles. The maximum absolute atomic E-state index is 6.33. The predicted molar refractivity (Wildman–Crippen MR) is 97.3 cm³/mol. The quantitative estimate of drug-likeness (QED) is 0.562. The van der Waals surface area contributed by atoms with Crippen LogP contribution in [0.5, 0.6) is 5.75 Å². The van der Waals surface area contributed by atoms with Gasteiger partial charge < -0.3 is 15.2 Å². The minimum Gasteiger partial charge on any atom is -0.490 e. The van der Waals surface area contributed by atoms with Crippen molar-refractivity contribution in [2.45, 2.75) is 6.04 Å². The van der Waals surface area contributed by atoms with Crippen LogP contribution < -0.4 is 10.5 Å². The summed E-state index contributed by atoms with van der Waals surface area (Å²) in [7, 11) is 1.65. The Labute approximate surface area is 153 Å². The first kappa shape index (κ1) is 17.4. The Morgan fingerprint density at radius 2 is 1.90 bits per heavy atom. The Hall–Kier alpha value is 0.0800. The summed E-state index contributed by atoms with van der Waals surface area (Å²) >= 11 is 12.1. The van der Waals surface area contributed by atoms with Crippen LogP contribution in [0.4, 0.5) is 0 Å². The molecule has 2 rings (SSSR count). The molecule has 1 heterocycles. The average Bonchev–Trinajstić information content (AvgIpc) is 2.80. The molecule has 1 aromatic carbocycles. The van der Waals surface area contributed by atoms with Crippen molar-refractivity contribution in [3.05, 3.63) is 47.4 Å². The minimum absolute atomic E-state index is 0.165. The lowest BCUT2D eigenvalue weighted by atomic mass is 10.1. The largest absolute Gasteiger partial charge is 0.490 e. The molecular weight excluding hydrogens is 486 g/mol. The molecule has 114 valence electrons. The summed E-state index contributed by atoms with van der Waals surface area (Å²) < 4.78 is 13.5. The highest BCUT2D eigenvalue weighted by Crippen LogP contribution is 2.38. The van der Waals surface area contributed by atoms with Gasteiger partial charge in [0.15, 0.2) is 0 Å². The van der Waals surface area contributed by atoms with Crippen LogP contribution in [-0.4, -0.2) is 20.3 Å². The van der Waals surface area contributed by atoms with Crippen molar-refractivity contribution in [2.24, 2.45) is 5.73 Å². The molecular formula is C14H14Br3NO2S. The van der Waals surface area contributed by atoms with Crippen LogP contribution in [0.15, 0.2) is 37.0 Å². The highest BCUT2D eigenvalue weighted by Gasteiger charge is 2.15. The molecule has 0 bridgehead atoms. The topological polar surface area (TPSA) is 44.5 Å². The van der Waals surface area contributed by atoms with Crippen LogP contribution in [-0.2, 0) is 4.74 Å². The number of nitrogens with two attached hydrogens (primary N) is 1. The van der Waals surface area contributed by atoms with Gasteiger partial charge in [0.1, 0.15) is 12.4 Å². The fourth-order valence-corrected chi connectivity index (χ4v) is 4.37. The normalized spacial score (nSPS) is 12.4. The monoisotopic (exact) mass is 497 g/mol. The van der Waals surface area contributed by atoms with E-state index in [-0.39, 0.29) is 6.04 Å². The number of hydrogen-bond acceptors (Lipinski definition) is 4. The maximum Gasteiger partial charge on any atom is 0.133 e. The zero-order valence-electron chi connectivity index (χ0n) is 11.2. The van der Waals surface area contributed by atoms with Crippen molar-refractivity contribution in [1.29, 1.82) is 0 Å². The molecule has 1 atom stereocenters. The SMILES string of the molecule is COCCOc1ccc(C(N)c2cc(Br)c(Br)s2)cc1Br. The fourth-order valence-electron chi connectivity index (χ4n) is 1.74. The summed E-state index contributed by atoms with van der Waals surface area (Å²) in [6.45, 7) is 1.08. The molecule has 0 aliphatic carbocycles. The zero-order chi connectivity index (χ0) is 15.4. The summed E-state index contributed by atoms with van der Waals surface area (Å²) in [5, 5.41) is 0. The first-order valence-corrected chi connectivity index (χ1v) is 9.34. The molecule has 0 aliphatic heterocycles. The fraction of sp³-hybridized carbons (Fsp3) is 0.286. The van der Waals surface area contributed by atoms with E-state index in [0.29, 0.717) is 13.2 Å². The first-order valence-electron chi connectivity index (χ1n) is 6.14. The average molecular weight is 500 g/mol. The van der Waals surface area contributed by atoms with Crippen LogP contribution in [0, 0.1) is 0 Å². The van der Waals surface area contributed by atoms with Gasteiger partial charge in [0.05, 0.1) is 20.9 Å². The molecule has 1 unspecified atom stereocenters. The van der Waals surface area contributed by atoms with Crippen molar-refractivity contribution in [3.8, 4) is 5.75 Å². The number of hydrogen-bond donors (Lipinski definition) is 1. The molecule has 0 saturated carbocycles. The van der Waals surface area contributed by atoms with Gasteiger partial charge in [-0.1, -0.05) is 6.07 Å². The van der Waals surface area contributed by atoms with Gasteiger partial charge in [0.25, 0.3) is 0 Å². The van der Waals surface area contributed by atoms with Crippen LogP contribution in [0.1, 0.15) is 16.5 Å². The van der Waals surface area contributed by atoms with Gasteiger partial charge in [0.2, 0.25) is 0 Å². The molecule has 2 aromatic rings. The lowest BCUT2D eigenvalue weighted by Gasteiger charge is -2.13. The molecule has 0 aliphatic rings. The van der Waals surface area contributed by atoms with E-state index in [1.807, 2.05) is 24.3 Å². The molecule has 0 fully saturated rings. The van der Waals surface area contributed by atoms with E-state index < -0.39 is 0 Å². The summed E-state index contributed by atoms with van der Waals surface area (Å²) in [5.41, 5.74) is 7.36. The van der Waals surface area contributed by atoms with E-state index in [9.17, 15) is 0 Å². The van der Waals surface area contributed by atoms with Crippen molar-refractivity contribution in [2.75, 3.05) is 20.3 Å². The van der Waals surface area contributed by atoms with Gasteiger partial charge in [-0.25, -0.2) is 0 Å². The van der Waals surface area contributed by atoms with Crippen LogP contribution >= 0.6 is 59.1 Å². The summed E-state index contributed by atoms with van der Waals surface area (Å²) in [6, 6.07) is 7.78. The summed E-state index contributed by atoms with van der Waals surface area (Å²) in [5.74, 6) is 0.788. The second-order valence-electron chi connectivity index (χ2n) is 4.28. The summed E-state index contributed by atoms with van der Waals surface area (Å²) in [4.78, 5) is 1.09. The molecule has 0 saturated heterocycles. The van der Waals surface area contributed by atoms with Gasteiger partial charge in [-0.15, -0.1) is 11.3 Å². The highest BCUT2D eigenvalue weighted by molar-refractivity contribution is 9.13. The molecule has 0 radical (unpaired) electrons. The zero-order valence-corrected chi connectivity index (χ0v) is 16.8. The number of benzene rings is 1. The third-order valence-corrected chi connectivity index (χ3v) is 6.79. The van der Waals surface area contributed by atoms with Gasteiger partial charge >= 0.3 is 0 Å². The Morgan fingerprint density at radius 3 is 2.48 bits per heavy atom. The van der Waals surface area contributed by atoms with Crippen LogP contribution in [0.25, 0.3) is 0 Å². The highest BCUT2D eigenvalue weighted by atomic mass is 79.9. The number of methoxy groups -OCH3 is 1. The van der Waals surface area contributed by atoms with Gasteiger partial charge in [-0.2, -0.15) is 0 Å². The summed E-state index contributed by atoms with van der Waals surface area (Å²) in [6.07, 6.45) is 0. The molecule has 3 nitrogen and oxygen atoms in total. The Morgan fingerprint density at radius 1 is 1.14 bits per heavy atom. The minimum atomic E-state index is -0.165. The van der Waals surface area contributed by atoms with Crippen LogP contribution in [0.2, 0.25) is 0 Å². The Balaban J connectivity index is 2.15. The van der Waals surface area contributed by atoms with E-state index in [2.05, 4.69) is 47.8 Å². The van der Waals surface area contributed by atoms with Crippen molar-refractivity contribution in [1.82, 2.24) is 0 Å². The third-order valence-electron chi connectivity index (χ3n) is 2.83. The van der Waals surface area contributed by atoms with Crippen molar-refractivity contribution < 1.29 is 9.47 Å². The van der Waals surface area contributed by atoms with Gasteiger partial charge in [-0.05, 0) is 71.6 Å². The van der Waals surface area contributed by atoms with E-state index in [1.54, 1.807) is 18.4 Å². The standard InChI is InChI=1S/C14H14Br3NO2S/c1-19-4-5-20-11-3-2-8(6-9(11)15)13(18)12-7-10(16)14(17)21-12/h2-3,6-7,13H,4-5,18H2,1H3. The van der Waals surface area contributed by atoms with Gasteiger partial charge in [0, 0.05) is 16.5 Å². The number of halogens is 3. The second kappa shape index (κ2) is 8.08. The smallest absolute Gasteiger partial charge is 0.133 e. The third kappa shape index (κ3) is 4.53.